The van der Waals surface area contributed by atoms with E-state index in [9.17, 15) is 0 Å². The largest absolute Gasteiger partial charge is 0.383 e. The number of nitrogens with two attached hydrogens (primary N) is 1. The Balaban J connectivity index is 0.00000111. The molecule has 0 heterocycles. The first-order chi connectivity index (χ1) is 13.8. The van der Waals surface area contributed by atoms with Crippen LogP contribution in [0.15, 0.2) is 89.9 Å². The Kier molecular flexibility index (Phi) is 14.6. The Morgan fingerprint density at radius 2 is 1.04 bits per heavy atom. The van der Waals surface area contributed by atoms with E-state index in [4.69, 9.17) is 5.73 Å². The summed E-state index contributed by atoms with van der Waals surface area (Å²) in [5.74, 6) is 0.573. The quantitative estimate of drug-likeness (QED) is 0.375. The van der Waals surface area contributed by atoms with Crippen molar-refractivity contribution in [2.75, 3.05) is 0 Å². The molecule has 3 rings (SSSR count). The highest BCUT2D eigenvalue weighted by Gasteiger charge is 2.00. The van der Waals surface area contributed by atoms with E-state index in [0.29, 0.717) is 12.4 Å². The molecule has 2 N–H and O–H groups in total. The SMILES string of the molecule is CC.CC.CC.NC(=NCc1ccccc1)c1ccc(-c2ccccc2)cc1. The van der Waals surface area contributed by atoms with Crippen LogP contribution in [-0.2, 0) is 6.54 Å². The molecule has 0 aliphatic heterocycles. The summed E-state index contributed by atoms with van der Waals surface area (Å²) in [6.45, 7) is 12.6. The van der Waals surface area contributed by atoms with Gasteiger partial charge in [-0.25, -0.2) is 0 Å². The molecule has 3 aromatic carbocycles. The zero-order chi connectivity index (χ0) is 21.2. The fourth-order valence-corrected chi connectivity index (χ4v) is 2.32. The standard InChI is InChI=1S/C20H18N2.3C2H6/c21-20(22-15-16-7-3-1-4-8-16)19-13-11-18(12-14-19)17-9-5-2-6-10-17;3*1-2/h1-14H,15H2,(H2,21,22);3*1-2H3. The minimum Gasteiger partial charge on any atom is -0.383 e. The third-order valence-electron chi connectivity index (χ3n) is 3.56. The summed E-state index contributed by atoms with van der Waals surface area (Å²) in [5, 5.41) is 0. The monoisotopic (exact) mass is 376 g/mol. The summed E-state index contributed by atoms with van der Waals surface area (Å²) in [6.07, 6.45) is 0. The molecule has 150 valence electrons. The maximum Gasteiger partial charge on any atom is 0.125 e. The zero-order valence-electron chi connectivity index (χ0n) is 18.3. The predicted octanol–water partition coefficient (Wildman–Crippen LogP) is 7.34. The molecule has 0 spiro atoms. The molecule has 0 saturated heterocycles. The highest BCUT2D eigenvalue weighted by Crippen LogP contribution is 2.19. The number of hydrogen-bond acceptors (Lipinski definition) is 1. The molecule has 2 nitrogen and oxygen atoms in total. The van der Waals surface area contributed by atoms with Crippen molar-refractivity contribution in [3.05, 3.63) is 96.1 Å². The van der Waals surface area contributed by atoms with Crippen LogP contribution in [-0.4, -0.2) is 5.84 Å². The Labute approximate surface area is 172 Å². The number of nitrogens with zero attached hydrogens (tertiary/aromatic N) is 1. The lowest BCUT2D eigenvalue weighted by atomic mass is 10.0. The van der Waals surface area contributed by atoms with Gasteiger partial charge in [-0.2, -0.15) is 0 Å². The lowest BCUT2D eigenvalue weighted by molar-refractivity contribution is 1.06. The first-order valence-corrected chi connectivity index (χ1v) is 10.3. The van der Waals surface area contributed by atoms with Crippen LogP contribution >= 0.6 is 0 Å². The zero-order valence-corrected chi connectivity index (χ0v) is 18.3. The molecule has 28 heavy (non-hydrogen) atoms. The van der Waals surface area contributed by atoms with Gasteiger partial charge in [0, 0.05) is 5.56 Å². The number of amidine groups is 1. The minimum absolute atomic E-state index is 0.573. The second kappa shape index (κ2) is 16.3. The van der Waals surface area contributed by atoms with Crippen molar-refractivity contribution in [2.24, 2.45) is 10.7 Å². The van der Waals surface area contributed by atoms with E-state index >= 15 is 0 Å². The molecule has 0 bridgehead atoms. The Bertz CT molecular complexity index is 745. The molecule has 2 heteroatoms. The first-order valence-electron chi connectivity index (χ1n) is 10.3. The van der Waals surface area contributed by atoms with Crippen molar-refractivity contribution in [3.63, 3.8) is 0 Å². The van der Waals surface area contributed by atoms with Crippen LogP contribution in [0.4, 0.5) is 0 Å². The maximum atomic E-state index is 6.08. The van der Waals surface area contributed by atoms with Gasteiger partial charge in [0.15, 0.2) is 0 Å². The van der Waals surface area contributed by atoms with Gasteiger partial charge in [0.1, 0.15) is 5.84 Å². The first kappa shape index (κ1) is 25.1. The lowest BCUT2D eigenvalue weighted by Gasteiger charge is -2.05. The third kappa shape index (κ3) is 8.68. The molecule has 0 aliphatic carbocycles. The number of aliphatic imine (C=N–C) groups is 1. The van der Waals surface area contributed by atoms with Gasteiger partial charge in [-0.1, -0.05) is 126 Å². The van der Waals surface area contributed by atoms with Crippen LogP contribution in [0.1, 0.15) is 52.7 Å². The van der Waals surface area contributed by atoms with Gasteiger partial charge >= 0.3 is 0 Å². The van der Waals surface area contributed by atoms with Crippen LogP contribution in [0.3, 0.4) is 0 Å². The second-order valence-corrected chi connectivity index (χ2v) is 5.13. The van der Waals surface area contributed by atoms with Crippen molar-refractivity contribution in [1.82, 2.24) is 0 Å². The number of benzene rings is 3. The summed E-state index contributed by atoms with van der Waals surface area (Å²) in [6, 6.07) is 28.6. The van der Waals surface area contributed by atoms with E-state index in [1.807, 2.05) is 90.1 Å². The normalized spacial score (nSPS) is 9.57. The molecule has 0 amide bonds. The van der Waals surface area contributed by atoms with E-state index in [2.05, 4.69) is 41.4 Å². The highest BCUT2D eigenvalue weighted by molar-refractivity contribution is 5.97. The van der Waals surface area contributed by atoms with Crippen molar-refractivity contribution in [1.29, 1.82) is 0 Å². The van der Waals surface area contributed by atoms with Crippen molar-refractivity contribution >= 4 is 5.84 Å². The van der Waals surface area contributed by atoms with Gasteiger partial charge in [0.25, 0.3) is 0 Å². The van der Waals surface area contributed by atoms with Crippen LogP contribution in [0.25, 0.3) is 11.1 Å². The minimum atomic E-state index is 0.573. The summed E-state index contributed by atoms with van der Waals surface area (Å²) < 4.78 is 0. The Morgan fingerprint density at radius 1 is 0.607 bits per heavy atom. The number of hydrogen-bond donors (Lipinski definition) is 1. The van der Waals surface area contributed by atoms with E-state index < -0.39 is 0 Å². The Hall–Kier alpha value is -2.87. The molecule has 3 aromatic rings. The maximum absolute atomic E-state index is 6.08. The van der Waals surface area contributed by atoms with E-state index in [0.717, 1.165) is 11.1 Å². The predicted molar refractivity (Wildman–Crippen MR) is 127 cm³/mol. The molecule has 0 aliphatic rings. The number of rotatable bonds is 4. The summed E-state index contributed by atoms with van der Waals surface area (Å²) >= 11 is 0. The molecule has 0 fully saturated rings. The van der Waals surface area contributed by atoms with Crippen LogP contribution in [0.2, 0.25) is 0 Å². The topological polar surface area (TPSA) is 38.4 Å². The van der Waals surface area contributed by atoms with Gasteiger partial charge in [-0.3, -0.25) is 4.99 Å². The van der Waals surface area contributed by atoms with Crippen molar-refractivity contribution in [3.8, 4) is 11.1 Å². The van der Waals surface area contributed by atoms with Gasteiger partial charge in [0.2, 0.25) is 0 Å². The van der Waals surface area contributed by atoms with Crippen LogP contribution in [0, 0.1) is 0 Å². The average molecular weight is 377 g/mol. The van der Waals surface area contributed by atoms with Gasteiger partial charge < -0.3 is 5.73 Å². The van der Waals surface area contributed by atoms with Crippen LogP contribution < -0.4 is 5.73 Å². The highest BCUT2D eigenvalue weighted by atomic mass is 14.8. The molecule has 0 atom stereocenters. The van der Waals surface area contributed by atoms with E-state index in [1.165, 1.54) is 11.1 Å². The van der Waals surface area contributed by atoms with Crippen LogP contribution in [0.5, 0.6) is 0 Å². The molecule has 0 radical (unpaired) electrons. The van der Waals surface area contributed by atoms with Crippen molar-refractivity contribution < 1.29 is 0 Å². The van der Waals surface area contributed by atoms with Crippen molar-refractivity contribution in [2.45, 2.75) is 48.1 Å². The van der Waals surface area contributed by atoms with Gasteiger partial charge in [-0.15, -0.1) is 0 Å². The fraction of sp³-hybridized carbons (Fsp3) is 0.269. The summed E-state index contributed by atoms with van der Waals surface area (Å²) in [5.41, 5.74) is 10.6. The molecule has 0 saturated carbocycles. The van der Waals surface area contributed by atoms with E-state index in [1.54, 1.807) is 0 Å². The Morgan fingerprint density at radius 3 is 1.54 bits per heavy atom. The summed E-state index contributed by atoms with van der Waals surface area (Å²) in [4.78, 5) is 4.46. The average Bonchev–Trinajstić information content (AvgIpc) is 2.83. The smallest absolute Gasteiger partial charge is 0.125 e. The second-order valence-electron chi connectivity index (χ2n) is 5.13. The van der Waals surface area contributed by atoms with E-state index in [-0.39, 0.29) is 0 Å². The molecule has 0 aromatic heterocycles. The summed E-state index contributed by atoms with van der Waals surface area (Å²) in [7, 11) is 0. The fourth-order valence-electron chi connectivity index (χ4n) is 2.32. The third-order valence-corrected chi connectivity index (χ3v) is 3.56. The van der Waals surface area contributed by atoms with Gasteiger partial charge in [-0.05, 0) is 16.7 Å². The van der Waals surface area contributed by atoms with Gasteiger partial charge in [0.05, 0.1) is 6.54 Å². The lowest BCUT2D eigenvalue weighted by Crippen LogP contribution is -2.13. The molecular formula is C26H36N2. The molecule has 0 unspecified atom stereocenters. The molecular weight excluding hydrogens is 340 g/mol.